The number of rotatable bonds is 10. The summed E-state index contributed by atoms with van der Waals surface area (Å²) in [7, 11) is 1.33. The molecule has 0 heterocycles. The van der Waals surface area contributed by atoms with Gasteiger partial charge in [0, 0.05) is 35.0 Å². The summed E-state index contributed by atoms with van der Waals surface area (Å²) in [6.45, 7) is 0.581. The number of hydrogen-bond acceptors (Lipinski definition) is 7. The van der Waals surface area contributed by atoms with Crippen molar-refractivity contribution in [1.29, 1.82) is 0 Å². The van der Waals surface area contributed by atoms with Crippen LogP contribution >= 0.6 is 24.4 Å². The van der Waals surface area contributed by atoms with Crippen molar-refractivity contribution in [3.05, 3.63) is 42.0 Å². The Hall–Kier alpha value is -1.90. The molecule has 0 fully saturated rings. The van der Waals surface area contributed by atoms with Gasteiger partial charge in [-0.05, 0) is 35.9 Å². The van der Waals surface area contributed by atoms with Gasteiger partial charge in [-0.3, -0.25) is 4.79 Å². The molecule has 2 aromatic rings. The van der Waals surface area contributed by atoms with Gasteiger partial charge in [0.25, 0.3) is 5.91 Å². The maximum Gasteiger partial charge on any atom is 0.328 e. The Morgan fingerprint density at radius 1 is 1.21 bits per heavy atom. The Morgan fingerprint density at radius 2 is 1.93 bits per heavy atom. The Balaban J connectivity index is 2.28. The Bertz CT molecular complexity index is 816. The molecule has 0 saturated carbocycles. The van der Waals surface area contributed by atoms with Crippen molar-refractivity contribution in [2.75, 3.05) is 36.7 Å². The molecular formula is C20H27N3O3S2. The van der Waals surface area contributed by atoms with Gasteiger partial charge in [-0.2, -0.15) is 24.4 Å². The van der Waals surface area contributed by atoms with Gasteiger partial charge in [-0.25, -0.2) is 4.79 Å². The molecule has 2 rings (SSSR count). The van der Waals surface area contributed by atoms with Crippen molar-refractivity contribution in [3.63, 3.8) is 0 Å². The van der Waals surface area contributed by atoms with Crippen LogP contribution in [0, 0.1) is 0 Å². The molecule has 0 saturated heterocycles. The molecule has 6 nitrogen and oxygen atoms in total. The molecule has 152 valence electrons. The predicted molar refractivity (Wildman–Crippen MR) is 121 cm³/mol. The molecule has 0 aliphatic heterocycles. The number of carbonyl (C=O) groups is 2. The summed E-state index contributed by atoms with van der Waals surface area (Å²) in [4.78, 5) is 24.9. The minimum atomic E-state index is -0.671. The first kappa shape index (κ1) is 22.4. The van der Waals surface area contributed by atoms with Crippen molar-refractivity contribution < 1.29 is 14.3 Å². The van der Waals surface area contributed by atoms with E-state index in [9.17, 15) is 9.59 Å². The maximum atomic E-state index is 12.9. The minimum Gasteiger partial charge on any atom is -0.467 e. The van der Waals surface area contributed by atoms with Gasteiger partial charge < -0.3 is 21.1 Å². The highest BCUT2D eigenvalue weighted by molar-refractivity contribution is 7.98. The normalized spacial score (nSPS) is 13.0. The third kappa shape index (κ3) is 5.80. The zero-order chi connectivity index (χ0) is 20.5. The van der Waals surface area contributed by atoms with Crippen LogP contribution in [0.3, 0.4) is 0 Å². The molecule has 0 spiro atoms. The van der Waals surface area contributed by atoms with Gasteiger partial charge in [0.05, 0.1) is 7.11 Å². The number of anilines is 1. The third-order valence-electron chi connectivity index (χ3n) is 4.36. The van der Waals surface area contributed by atoms with Crippen LogP contribution in [-0.4, -0.2) is 55.4 Å². The topological polar surface area (TPSA) is 93.4 Å². The highest BCUT2D eigenvalue weighted by Gasteiger charge is 2.22. The molecule has 2 atom stereocenters. The number of esters is 1. The van der Waals surface area contributed by atoms with Crippen molar-refractivity contribution in [3.8, 4) is 0 Å². The molecule has 28 heavy (non-hydrogen) atoms. The van der Waals surface area contributed by atoms with E-state index in [0.29, 0.717) is 24.3 Å². The van der Waals surface area contributed by atoms with Crippen molar-refractivity contribution in [1.82, 2.24) is 5.32 Å². The number of thioether (sulfide) groups is 1. The molecule has 0 aromatic heterocycles. The van der Waals surface area contributed by atoms with Crippen LogP contribution in [-0.2, 0) is 9.53 Å². The van der Waals surface area contributed by atoms with Crippen molar-refractivity contribution >= 4 is 52.7 Å². The quantitative estimate of drug-likeness (QED) is 0.348. The van der Waals surface area contributed by atoms with E-state index < -0.39 is 12.0 Å². The molecule has 8 heteroatoms. The SMILES string of the molecule is COC(=O)[C@H](CCSC)NC(=O)c1cccc2c(NC[C@@H](N)CS)cccc12. The number of nitrogens with two attached hydrogens (primary N) is 1. The fourth-order valence-electron chi connectivity index (χ4n) is 2.83. The Kier molecular flexibility index (Phi) is 8.95. The van der Waals surface area contributed by atoms with E-state index in [1.54, 1.807) is 17.8 Å². The summed E-state index contributed by atoms with van der Waals surface area (Å²) >= 11 is 5.81. The van der Waals surface area contributed by atoms with Crippen LogP contribution in [0.25, 0.3) is 10.8 Å². The lowest BCUT2D eigenvalue weighted by Gasteiger charge is -2.18. The number of benzene rings is 2. The van der Waals surface area contributed by atoms with Gasteiger partial charge in [-0.15, -0.1) is 0 Å². The number of nitrogens with one attached hydrogen (secondary N) is 2. The lowest BCUT2D eigenvalue weighted by atomic mass is 10.0. The number of fused-ring (bicyclic) bond motifs is 1. The van der Waals surface area contributed by atoms with Crippen molar-refractivity contribution in [2.24, 2.45) is 5.73 Å². The first-order chi connectivity index (χ1) is 13.5. The van der Waals surface area contributed by atoms with Crippen LogP contribution in [0.4, 0.5) is 5.69 Å². The Morgan fingerprint density at radius 3 is 2.61 bits per heavy atom. The van der Waals surface area contributed by atoms with Crippen LogP contribution in [0.2, 0.25) is 0 Å². The number of thiol groups is 1. The third-order valence-corrected chi connectivity index (χ3v) is 5.47. The summed E-state index contributed by atoms with van der Waals surface area (Å²) in [5.74, 6) is 0.586. The largest absolute Gasteiger partial charge is 0.467 e. The van der Waals surface area contributed by atoms with Gasteiger partial charge in [0.2, 0.25) is 0 Å². The number of carbonyl (C=O) groups excluding carboxylic acids is 2. The summed E-state index contributed by atoms with van der Waals surface area (Å²) in [5, 5.41) is 7.85. The number of ether oxygens (including phenoxy) is 1. The molecular weight excluding hydrogens is 394 g/mol. The summed E-state index contributed by atoms with van der Waals surface area (Å²) < 4.78 is 4.83. The highest BCUT2D eigenvalue weighted by atomic mass is 32.2. The van der Waals surface area contributed by atoms with E-state index in [-0.39, 0.29) is 11.9 Å². The van der Waals surface area contributed by atoms with E-state index in [1.165, 1.54) is 7.11 Å². The summed E-state index contributed by atoms with van der Waals surface area (Å²) in [6.07, 6.45) is 2.47. The second-order valence-electron chi connectivity index (χ2n) is 6.36. The molecule has 0 bridgehead atoms. The number of hydrogen-bond donors (Lipinski definition) is 4. The van der Waals surface area contributed by atoms with E-state index >= 15 is 0 Å². The van der Waals surface area contributed by atoms with E-state index in [0.717, 1.165) is 22.2 Å². The van der Waals surface area contributed by atoms with E-state index in [4.69, 9.17) is 10.5 Å². The second-order valence-corrected chi connectivity index (χ2v) is 7.71. The lowest BCUT2D eigenvalue weighted by molar-refractivity contribution is -0.142. The number of methoxy groups -OCH3 is 1. The maximum absolute atomic E-state index is 12.9. The first-order valence-electron chi connectivity index (χ1n) is 9.01. The second kappa shape index (κ2) is 11.2. The first-order valence-corrected chi connectivity index (χ1v) is 11.0. The minimum absolute atomic E-state index is 0.0673. The predicted octanol–water partition coefficient (Wildman–Crippen LogP) is 2.53. The molecule has 0 aliphatic carbocycles. The highest BCUT2D eigenvalue weighted by Crippen LogP contribution is 2.26. The van der Waals surface area contributed by atoms with Crippen molar-refractivity contribution in [2.45, 2.75) is 18.5 Å². The van der Waals surface area contributed by atoms with Gasteiger partial charge >= 0.3 is 5.97 Å². The average Bonchev–Trinajstić information content (AvgIpc) is 2.73. The Labute approximate surface area is 175 Å². The fraction of sp³-hybridized carbons (Fsp3) is 0.400. The fourth-order valence-corrected chi connectivity index (χ4v) is 3.43. The zero-order valence-corrected chi connectivity index (χ0v) is 17.8. The van der Waals surface area contributed by atoms with E-state index in [2.05, 4.69) is 23.3 Å². The van der Waals surface area contributed by atoms with Gasteiger partial charge in [-0.1, -0.05) is 24.3 Å². The lowest BCUT2D eigenvalue weighted by Crippen LogP contribution is -2.42. The smallest absolute Gasteiger partial charge is 0.328 e. The van der Waals surface area contributed by atoms with E-state index in [1.807, 2.05) is 36.6 Å². The molecule has 0 unspecified atom stereocenters. The average molecular weight is 422 g/mol. The molecule has 0 radical (unpaired) electrons. The van der Waals surface area contributed by atoms with Crippen LogP contribution < -0.4 is 16.4 Å². The molecule has 1 amide bonds. The van der Waals surface area contributed by atoms with Gasteiger partial charge in [0.15, 0.2) is 0 Å². The van der Waals surface area contributed by atoms with Crippen LogP contribution in [0.15, 0.2) is 36.4 Å². The monoisotopic (exact) mass is 421 g/mol. The zero-order valence-electron chi connectivity index (χ0n) is 16.1. The summed E-state index contributed by atoms with van der Waals surface area (Å²) in [6, 6.07) is 10.5. The number of amides is 1. The molecule has 4 N–H and O–H groups in total. The van der Waals surface area contributed by atoms with Crippen LogP contribution in [0.1, 0.15) is 16.8 Å². The van der Waals surface area contributed by atoms with Gasteiger partial charge in [0.1, 0.15) is 6.04 Å². The summed E-state index contributed by atoms with van der Waals surface area (Å²) in [5.41, 5.74) is 7.34. The molecule has 0 aliphatic rings. The molecule has 2 aromatic carbocycles. The standard InChI is InChI=1S/C20H27N3O3S2/c1-26-20(25)18(9-10-28-2)23-19(24)16-7-3-6-15-14(16)5-4-8-17(15)22-11-13(21)12-27/h3-8,13,18,22,27H,9-12,21H2,1-2H3,(H,23,24)/t13-,18+/m1/s1. The van der Waals surface area contributed by atoms with Crippen LogP contribution in [0.5, 0.6) is 0 Å².